The van der Waals surface area contributed by atoms with Crippen molar-refractivity contribution < 1.29 is 10.2 Å². The maximum Gasteiger partial charge on any atom is 0.118 e. The van der Waals surface area contributed by atoms with Gasteiger partial charge in [-0.15, -0.1) is 0 Å². The van der Waals surface area contributed by atoms with Crippen molar-refractivity contribution in [3.05, 3.63) is 71.3 Å². The summed E-state index contributed by atoms with van der Waals surface area (Å²) in [6.07, 6.45) is 7.13. The van der Waals surface area contributed by atoms with E-state index >= 15 is 0 Å². The molecule has 0 atom stereocenters. The minimum atomic E-state index is 0.299. The predicted molar refractivity (Wildman–Crippen MR) is 90.8 cm³/mol. The summed E-state index contributed by atoms with van der Waals surface area (Å²) in [6, 6.07) is 13.2. The van der Waals surface area contributed by atoms with Gasteiger partial charge in [-0.3, -0.25) is 0 Å². The summed E-state index contributed by atoms with van der Waals surface area (Å²) in [7, 11) is 0. The van der Waals surface area contributed by atoms with Crippen LogP contribution in [0.1, 0.15) is 36.5 Å². The molecule has 2 nitrogen and oxygen atoms in total. The van der Waals surface area contributed by atoms with E-state index in [1.807, 2.05) is 18.2 Å². The number of aryl methyl sites for hydroxylation is 1. The molecule has 0 spiro atoms. The first-order chi connectivity index (χ1) is 10.7. The van der Waals surface area contributed by atoms with E-state index in [2.05, 4.69) is 25.1 Å². The van der Waals surface area contributed by atoms with Gasteiger partial charge in [0.05, 0.1) is 0 Å². The van der Waals surface area contributed by atoms with Gasteiger partial charge in [-0.2, -0.15) is 0 Å². The van der Waals surface area contributed by atoms with Gasteiger partial charge in [-0.05, 0) is 71.4 Å². The van der Waals surface area contributed by atoms with Crippen LogP contribution in [0.5, 0.6) is 11.5 Å². The number of hydrogen-bond donors (Lipinski definition) is 2. The predicted octanol–water partition coefficient (Wildman–Crippen LogP) is 4.92. The molecule has 112 valence electrons. The van der Waals surface area contributed by atoms with Crippen molar-refractivity contribution in [2.75, 3.05) is 0 Å². The fraction of sp³-hybridized carbons (Fsp3) is 0.200. The molecule has 0 aliphatic heterocycles. The molecule has 22 heavy (non-hydrogen) atoms. The summed E-state index contributed by atoms with van der Waals surface area (Å²) in [6.45, 7) is 2.05. The van der Waals surface area contributed by atoms with Crippen LogP contribution in [0.4, 0.5) is 0 Å². The van der Waals surface area contributed by atoms with Crippen LogP contribution < -0.4 is 0 Å². The first-order valence-corrected chi connectivity index (χ1v) is 7.69. The Morgan fingerprint density at radius 2 is 1.41 bits per heavy atom. The van der Waals surface area contributed by atoms with Crippen LogP contribution in [0.3, 0.4) is 0 Å². The van der Waals surface area contributed by atoms with Gasteiger partial charge in [0, 0.05) is 0 Å². The molecule has 0 fully saturated rings. The number of phenols is 2. The van der Waals surface area contributed by atoms with E-state index in [1.165, 1.54) is 16.7 Å². The molecule has 1 aliphatic carbocycles. The van der Waals surface area contributed by atoms with Crippen molar-refractivity contribution in [1.29, 1.82) is 0 Å². The second-order valence-electron chi connectivity index (χ2n) is 5.63. The summed E-state index contributed by atoms with van der Waals surface area (Å²) in [5.74, 6) is 0.676. The lowest BCUT2D eigenvalue weighted by Crippen LogP contribution is -1.95. The Morgan fingerprint density at radius 3 is 2.00 bits per heavy atom. The van der Waals surface area contributed by atoms with Gasteiger partial charge in [-0.1, -0.05) is 37.3 Å². The third-order valence-electron chi connectivity index (χ3n) is 4.22. The van der Waals surface area contributed by atoms with E-state index in [1.54, 1.807) is 18.2 Å². The molecule has 0 radical (unpaired) electrons. The second kappa shape index (κ2) is 6.10. The van der Waals surface area contributed by atoms with E-state index < -0.39 is 0 Å². The van der Waals surface area contributed by atoms with Gasteiger partial charge in [0.25, 0.3) is 0 Å². The molecular weight excluding hydrogens is 272 g/mol. The molecule has 2 aromatic carbocycles. The Hall–Kier alpha value is -2.48. The fourth-order valence-electron chi connectivity index (χ4n) is 2.86. The smallest absolute Gasteiger partial charge is 0.118 e. The SMILES string of the molecule is CCc1cc(C2=CC=C(c3ccc(O)cc3)CC2)ccc1O. The van der Waals surface area contributed by atoms with E-state index in [-0.39, 0.29) is 0 Å². The molecule has 0 amide bonds. The molecule has 0 heterocycles. The van der Waals surface area contributed by atoms with Crippen molar-refractivity contribution in [3.63, 3.8) is 0 Å². The Bertz CT molecular complexity index is 737. The summed E-state index contributed by atoms with van der Waals surface area (Å²) < 4.78 is 0. The Balaban J connectivity index is 1.87. The molecule has 3 rings (SSSR count). The molecule has 2 aromatic rings. The van der Waals surface area contributed by atoms with E-state index in [0.29, 0.717) is 11.5 Å². The summed E-state index contributed by atoms with van der Waals surface area (Å²) in [5, 5.41) is 19.2. The molecule has 2 N–H and O–H groups in total. The van der Waals surface area contributed by atoms with Gasteiger partial charge in [-0.25, -0.2) is 0 Å². The van der Waals surface area contributed by atoms with Gasteiger partial charge in [0.15, 0.2) is 0 Å². The van der Waals surface area contributed by atoms with Crippen molar-refractivity contribution in [3.8, 4) is 11.5 Å². The van der Waals surface area contributed by atoms with Crippen molar-refractivity contribution in [1.82, 2.24) is 0 Å². The lowest BCUT2D eigenvalue weighted by molar-refractivity contribution is 0.469. The van der Waals surface area contributed by atoms with Gasteiger partial charge in [0.1, 0.15) is 11.5 Å². The average Bonchev–Trinajstić information content (AvgIpc) is 2.56. The molecule has 0 saturated heterocycles. The zero-order valence-corrected chi connectivity index (χ0v) is 12.7. The highest BCUT2D eigenvalue weighted by Crippen LogP contribution is 2.33. The van der Waals surface area contributed by atoms with Crippen LogP contribution in [0, 0.1) is 0 Å². The quantitative estimate of drug-likeness (QED) is 0.843. The topological polar surface area (TPSA) is 40.5 Å². The normalized spacial score (nSPS) is 14.4. The first-order valence-electron chi connectivity index (χ1n) is 7.69. The van der Waals surface area contributed by atoms with Crippen molar-refractivity contribution in [2.45, 2.75) is 26.2 Å². The number of hydrogen-bond acceptors (Lipinski definition) is 2. The van der Waals surface area contributed by atoms with Crippen molar-refractivity contribution in [2.24, 2.45) is 0 Å². The highest BCUT2D eigenvalue weighted by atomic mass is 16.3. The molecule has 2 heteroatoms. The highest BCUT2D eigenvalue weighted by molar-refractivity contribution is 5.78. The third-order valence-corrected chi connectivity index (χ3v) is 4.22. The fourth-order valence-corrected chi connectivity index (χ4v) is 2.86. The van der Waals surface area contributed by atoms with E-state index in [4.69, 9.17) is 0 Å². The monoisotopic (exact) mass is 292 g/mol. The molecule has 0 saturated carbocycles. The van der Waals surface area contributed by atoms with Gasteiger partial charge >= 0.3 is 0 Å². The molecular formula is C20H20O2. The second-order valence-corrected chi connectivity index (χ2v) is 5.63. The molecule has 0 bridgehead atoms. The van der Waals surface area contributed by atoms with Crippen LogP contribution in [0.15, 0.2) is 54.6 Å². The molecule has 0 unspecified atom stereocenters. The van der Waals surface area contributed by atoms with Crippen LogP contribution in [0.25, 0.3) is 11.1 Å². The third kappa shape index (κ3) is 2.91. The molecule has 0 aromatic heterocycles. The number of aromatic hydroxyl groups is 2. The highest BCUT2D eigenvalue weighted by Gasteiger charge is 2.11. The van der Waals surface area contributed by atoms with Crippen LogP contribution >= 0.6 is 0 Å². The maximum atomic E-state index is 9.79. The number of benzene rings is 2. The number of rotatable bonds is 3. The zero-order valence-electron chi connectivity index (χ0n) is 12.7. The largest absolute Gasteiger partial charge is 0.508 e. The van der Waals surface area contributed by atoms with Crippen LogP contribution in [0.2, 0.25) is 0 Å². The Morgan fingerprint density at radius 1 is 0.818 bits per heavy atom. The summed E-state index contributed by atoms with van der Waals surface area (Å²) in [5.41, 5.74) is 5.94. The van der Waals surface area contributed by atoms with Crippen molar-refractivity contribution >= 4 is 11.1 Å². The van der Waals surface area contributed by atoms with Gasteiger partial charge < -0.3 is 10.2 Å². The standard InChI is InChI=1S/C20H20O2/c1-2-14-13-18(9-12-20(14)22)17-5-3-15(4-6-17)16-7-10-19(21)11-8-16/h3,5,7-13,21-22H,2,4,6H2,1H3. The average molecular weight is 292 g/mol. The Kier molecular flexibility index (Phi) is 4.01. The van der Waals surface area contributed by atoms with Crippen LogP contribution in [-0.4, -0.2) is 10.2 Å². The molecule has 1 aliphatic rings. The lowest BCUT2D eigenvalue weighted by atomic mass is 9.89. The van der Waals surface area contributed by atoms with Gasteiger partial charge in [0.2, 0.25) is 0 Å². The van der Waals surface area contributed by atoms with Crippen LogP contribution in [-0.2, 0) is 6.42 Å². The maximum absolute atomic E-state index is 9.79. The first kappa shape index (κ1) is 14.5. The summed E-state index contributed by atoms with van der Waals surface area (Å²) >= 11 is 0. The zero-order chi connectivity index (χ0) is 15.5. The minimum absolute atomic E-state index is 0.299. The lowest BCUT2D eigenvalue weighted by Gasteiger charge is -2.16. The number of phenolic OH excluding ortho intramolecular Hbond substituents is 2. The van der Waals surface area contributed by atoms with E-state index in [9.17, 15) is 10.2 Å². The van der Waals surface area contributed by atoms with E-state index in [0.717, 1.165) is 30.4 Å². The minimum Gasteiger partial charge on any atom is -0.508 e. The number of allylic oxidation sites excluding steroid dienone is 4. The Labute approximate surface area is 131 Å². The summed E-state index contributed by atoms with van der Waals surface area (Å²) in [4.78, 5) is 0.